The molecule has 5 rings (SSSR count). The largest absolute Gasteiger partial charge is 0.368 e. The maximum atomic E-state index is 9.34. The molecule has 0 spiro atoms. The van der Waals surface area contributed by atoms with Crippen molar-refractivity contribution < 1.29 is 0 Å². The molecule has 0 aliphatic heterocycles. The molecular formula is C21H16N14. The summed E-state index contributed by atoms with van der Waals surface area (Å²) in [4.78, 5) is 17.5. The average molecular weight is 464 g/mol. The van der Waals surface area contributed by atoms with Crippen molar-refractivity contribution in [1.29, 1.82) is 5.26 Å². The summed E-state index contributed by atoms with van der Waals surface area (Å²) >= 11 is 0. The SMILES string of the molecule is N#Cc1cccc(-c2nc(N)n3nc(CN=NC(=NN)n4cccn4)nc3c2-c2ccncn2)c1. The highest BCUT2D eigenvalue weighted by molar-refractivity contribution is 5.89. The van der Waals surface area contributed by atoms with Crippen molar-refractivity contribution in [1.82, 2.24) is 39.3 Å². The van der Waals surface area contributed by atoms with Crippen LogP contribution in [0.2, 0.25) is 0 Å². The molecule has 35 heavy (non-hydrogen) atoms. The van der Waals surface area contributed by atoms with Gasteiger partial charge in [-0.15, -0.1) is 15.3 Å². The average Bonchev–Trinajstić information content (AvgIpc) is 3.58. The number of rotatable bonds is 4. The Balaban J connectivity index is 1.61. The van der Waals surface area contributed by atoms with Crippen molar-refractivity contribution in [3.05, 3.63) is 72.7 Å². The van der Waals surface area contributed by atoms with Gasteiger partial charge in [0, 0.05) is 24.2 Å². The van der Waals surface area contributed by atoms with Crippen LogP contribution in [-0.4, -0.2) is 45.3 Å². The molecule has 14 nitrogen and oxygen atoms in total. The highest BCUT2D eigenvalue weighted by atomic mass is 15.4. The van der Waals surface area contributed by atoms with E-state index in [2.05, 4.69) is 51.5 Å². The molecule has 0 radical (unpaired) electrons. The van der Waals surface area contributed by atoms with E-state index in [4.69, 9.17) is 11.6 Å². The van der Waals surface area contributed by atoms with Gasteiger partial charge in [-0.2, -0.15) is 20.0 Å². The number of benzene rings is 1. The number of nitriles is 1. The van der Waals surface area contributed by atoms with E-state index in [0.29, 0.717) is 39.5 Å². The zero-order valence-electron chi connectivity index (χ0n) is 18.0. The predicted octanol–water partition coefficient (Wildman–Crippen LogP) is 1.63. The van der Waals surface area contributed by atoms with Gasteiger partial charge < -0.3 is 11.6 Å². The van der Waals surface area contributed by atoms with Crippen molar-refractivity contribution in [3.8, 4) is 28.6 Å². The first-order valence-corrected chi connectivity index (χ1v) is 10.2. The Kier molecular flexibility index (Phi) is 5.54. The highest BCUT2D eigenvalue weighted by Gasteiger charge is 2.21. The van der Waals surface area contributed by atoms with Crippen LogP contribution in [0.15, 0.2) is 76.6 Å². The summed E-state index contributed by atoms with van der Waals surface area (Å²) in [6, 6.07) is 12.6. The number of hydrogen-bond acceptors (Lipinski definition) is 11. The molecule has 0 saturated carbocycles. The fraction of sp³-hybridized carbons (Fsp3) is 0.0476. The summed E-state index contributed by atoms with van der Waals surface area (Å²) in [6.07, 6.45) is 6.24. The van der Waals surface area contributed by atoms with Gasteiger partial charge in [0.1, 0.15) is 12.9 Å². The van der Waals surface area contributed by atoms with Crippen molar-refractivity contribution in [2.75, 3.05) is 5.73 Å². The molecule has 0 amide bonds. The number of nitrogen functional groups attached to an aromatic ring is 1. The van der Waals surface area contributed by atoms with Crippen LogP contribution >= 0.6 is 0 Å². The first kappa shape index (κ1) is 21.3. The second-order valence-electron chi connectivity index (χ2n) is 7.02. The number of hydrazone groups is 1. The molecule has 0 aliphatic rings. The predicted molar refractivity (Wildman–Crippen MR) is 124 cm³/mol. The Bertz CT molecular complexity index is 1590. The van der Waals surface area contributed by atoms with E-state index in [9.17, 15) is 5.26 Å². The molecule has 0 atom stereocenters. The van der Waals surface area contributed by atoms with Crippen LogP contribution in [0, 0.1) is 11.3 Å². The van der Waals surface area contributed by atoms with Crippen molar-refractivity contribution >= 4 is 17.6 Å². The van der Waals surface area contributed by atoms with Crippen LogP contribution in [0.1, 0.15) is 11.4 Å². The molecule has 0 unspecified atom stereocenters. The van der Waals surface area contributed by atoms with Crippen molar-refractivity contribution in [2.24, 2.45) is 21.2 Å². The van der Waals surface area contributed by atoms with Gasteiger partial charge in [0.25, 0.3) is 5.96 Å². The summed E-state index contributed by atoms with van der Waals surface area (Å²) < 4.78 is 2.78. The fourth-order valence-corrected chi connectivity index (χ4v) is 3.37. The van der Waals surface area contributed by atoms with Crippen LogP contribution < -0.4 is 11.6 Å². The lowest BCUT2D eigenvalue weighted by Crippen LogP contribution is -2.11. The minimum atomic E-state index is 0.0177. The standard InChI is InChI=1S/C21H16N14/c22-10-13-3-1-4-14(9-13)18-17(15-5-7-25-12-26-15)19-29-16(33-35(19)20(23)30-18)11-27-32-21(31-24)34-8-2-6-28-34/h1-9,12H,11,24H2,(H2,23,30). The first-order chi connectivity index (χ1) is 17.2. The Labute approximate surface area is 197 Å². The molecule has 4 heterocycles. The number of nitrogens with two attached hydrogens (primary N) is 2. The fourth-order valence-electron chi connectivity index (χ4n) is 3.37. The van der Waals surface area contributed by atoms with E-state index in [1.54, 1.807) is 48.9 Å². The third-order valence-electron chi connectivity index (χ3n) is 4.86. The normalized spacial score (nSPS) is 11.8. The van der Waals surface area contributed by atoms with Gasteiger partial charge in [0.05, 0.1) is 28.6 Å². The summed E-state index contributed by atoms with van der Waals surface area (Å²) in [5.74, 6) is 5.92. The third-order valence-corrected chi connectivity index (χ3v) is 4.86. The number of nitrogens with zero attached hydrogens (tertiary/aromatic N) is 12. The van der Waals surface area contributed by atoms with Gasteiger partial charge in [-0.3, -0.25) is 0 Å². The Morgan fingerprint density at radius 3 is 2.80 bits per heavy atom. The lowest BCUT2D eigenvalue weighted by molar-refractivity contribution is 0.822. The molecule has 5 aromatic rings. The molecule has 0 bridgehead atoms. The zero-order chi connectivity index (χ0) is 24.2. The molecule has 0 fully saturated rings. The molecule has 170 valence electrons. The van der Waals surface area contributed by atoms with Gasteiger partial charge >= 0.3 is 0 Å². The molecular weight excluding hydrogens is 448 g/mol. The van der Waals surface area contributed by atoms with Gasteiger partial charge in [0.2, 0.25) is 5.95 Å². The monoisotopic (exact) mass is 464 g/mol. The van der Waals surface area contributed by atoms with Gasteiger partial charge in [-0.1, -0.05) is 12.1 Å². The Morgan fingerprint density at radius 1 is 1.14 bits per heavy atom. The quantitative estimate of drug-likeness (QED) is 0.130. The maximum Gasteiger partial charge on any atom is 0.285 e. The molecule has 0 aliphatic carbocycles. The smallest absolute Gasteiger partial charge is 0.285 e. The van der Waals surface area contributed by atoms with Crippen LogP contribution in [0.25, 0.3) is 28.2 Å². The number of hydrogen-bond donors (Lipinski definition) is 2. The second-order valence-corrected chi connectivity index (χ2v) is 7.02. The van der Waals surface area contributed by atoms with E-state index in [1.165, 1.54) is 15.5 Å². The highest BCUT2D eigenvalue weighted by Crippen LogP contribution is 2.33. The number of azo groups is 1. The summed E-state index contributed by atoms with van der Waals surface area (Å²) in [7, 11) is 0. The van der Waals surface area contributed by atoms with E-state index in [-0.39, 0.29) is 18.5 Å². The summed E-state index contributed by atoms with van der Waals surface area (Å²) in [5, 5.41) is 29.5. The van der Waals surface area contributed by atoms with E-state index >= 15 is 0 Å². The Hall–Kier alpha value is -5.58. The van der Waals surface area contributed by atoms with E-state index < -0.39 is 0 Å². The summed E-state index contributed by atoms with van der Waals surface area (Å²) in [5.41, 5.74) is 9.45. The molecule has 0 saturated heterocycles. The van der Waals surface area contributed by atoms with Crippen molar-refractivity contribution in [2.45, 2.75) is 6.54 Å². The second kappa shape index (κ2) is 9.11. The maximum absolute atomic E-state index is 9.34. The molecule has 14 heteroatoms. The zero-order valence-corrected chi connectivity index (χ0v) is 18.0. The summed E-state index contributed by atoms with van der Waals surface area (Å²) in [6.45, 7) is 0.0177. The first-order valence-electron chi connectivity index (χ1n) is 10.2. The van der Waals surface area contributed by atoms with Gasteiger partial charge in [0.15, 0.2) is 11.5 Å². The van der Waals surface area contributed by atoms with Crippen LogP contribution in [-0.2, 0) is 6.54 Å². The van der Waals surface area contributed by atoms with Crippen LogP contribution in [0.3, 0.4) is 0 Å². The van der Waals surface area contributed by atoms with Gasteiger partial charge in [-0.05, 0) is 24.3 Å². The molecule has 1 aromatic carbocycles. The number of fused-ring (bicyclic) bond motifs is 1. The number of anilines is 1. The van der Waals surface area contributed by atoms with E-state index in [0.717, 1.165) is 0 Å². The minimum absolute atomic E-state index is 0.0177. The van der Waals surface area contributed by atoms with E-state index in [1.807, 2.05) is 6.07 Å². The number of aromatic nitrogens is 8. The lowest BCUT2D eigenvalue weighted by atomic mass is 10.0. The topological polar surface area (TPSA) is 200 Å². The third kappa shape index (κ3) is 4.12. The Morgan fingerprint density at radius 2 is 2.06 bits per heavy atom. The lowest BCUT2D eigenvalue weighted by Gasteiger charge is -2.11. The van der Waals surface area contributed by atoms with Crippen molar-refractivity contribution in [3.63, 3.8) is 0 Å². The molecule has 4 aromatic heterocycles. The minimum Gasteiger partial charge on any atom is -0.368 e. The van der Waals surface area contributed by atoms with Crippen LogP contribution in [0.5, 0.6) is 0 Å². The molecule has 4 N–H and O–H groups in total. The van der Waals surface area contributed by atoms with Gasteiger partial charge in [-0.25, -0.2) is 24.6 Å². The van der Waals surface area contributed by atoms with Crippen LogP contribution in [0.4, 0.5) is 5.95 Å².